The molecule has 0 aliphatic heterocycles. The van der Waals surface area contributed by atoms with Crippen molar-refractivity contribution in [1.82, 2.24) is 9.55 Å². The standard InChI is InChI=1S/C8H14N2.BrH/c1-3-4-5-8-9-6-7-10(8)2;/h6-7H,3-5H2,1-2H3;1H. The van der Waals surface area contributed by atoms with Crippen LogP contribution in [0, 0.1) is 0 Å². The van der Waals surface area contributed by atoms with Gasteiger partial charge in [0, 0.05) is 25.9 Å². The summed E-state index contributed by atoms with van der Waals surface area (Å²) < 4.78 is 2.08. The van der Waals surface area contributed by atoms with Gasteiger partial charge in [0.05, 0.1) is 0 Å². The average Bonchev–Trinajstić information content (AvgIpc) is 2.31. The predicted octanol–water partition coefficient (Wildman–Crippen LogP) is 2.34. The van der Waals surface area contributed by atoms with Crippen molar-refractivity contribution in [3.8, 4) is 0 Å². The Morgan fingerprint density at radius 3 is 2.73 bits per heavy atom. The van der Waals surface area contributed by atoms with Crippen molar-refractivity contribution in [1.29, 1.82) is 0 Å². The maximum absolute atomic E-state index is 4.22. The lowest BCUT2D eigenvalue weighted by molar-refractivity contribution is 0.712. The second kappa shape index (κ2) is 5.35. The van der Waals surface area contributed by atoms with Crippen LogP contribution in [0.5, 0.6) is 0 Å². The minimum Gasteiger partial charge on any atom is -0.338 e. The third-order valence-corrected chi connectivity index (χ3v) is 1.67. The minimum absolute atomic E-state index is 0. The molecule has 0 saturated carbocycles. The van der Waals surface area contributed by atoms with Gasteiger partial charge in [0.25, 0.3) is 0 Å². The first kappa shape index (κ1) is 10.7. The van der Waals surface area contributed by atoms with E-state index in [0.717, 1.165) is 6.42 Å². The highest BCUT2D eigenvalue weighted by Crippen LogP contribution is 2.00. The number of hydrogen-bond acceptors (Lipinski definition) is 1. The fraction of sp³-hybridized carbons (Fsp3) is 0.625. The van der Waals surface area contributed by atoms with Gasteiger partial charge in [-0.2, -0.15) is 0 Å². The van der Waals surface area contributed by atoms with Crippen LogP contribution in [0.3, 0.4) is 0 Å². The Labute approximate surface area is 78.4 Å². The Hall–Kier alpha value is -0.310. The van der Waals surface area contributed by atoms with Crippen LogP contribution in [-0.4, -0.2) is 9.55 Å². The summed E-state index contributed by atoms with van der Waals surface area (Å²) in [5, 5.41) is 0. The lowest BCUT2D eigenvalue weighted by Crippen LogP contribution is -1.96. The zero-order valence-electron chi connectivity index (χ0n) is 7.08. The molecule has 2 nitrogen and oxygen atoms in total. The van der Waals surface area contributed by atoms with E-state index in [-0.39, 0.29) is 17.0 Å². The zero-order chi connectivity index (χ0) is 7.40. The summed E-state index contributed by atoms with van der Waals surface area (Å²) >= 11 is 0. The molecule has 1 aromatic heterocycles. The minimum atomic E-state index is 0. The number of aromatic nitrogens is 2. The Balaban J connectivity index is 0.000001000. The largest absolute Gasteiger partial charge is 0.338 e. The third kappa shape index (κ3) is 3.06. The van der Waals surface area contributed by atoms with Crippen molar-refractivity contribution in [2.75, 3.05) is 0 Å². The molecule has 64 valence electrons. The van der Waals surface area contributed by atoms with Gasteiger partial charge in [-0.1, -0.05) is 13.3 Å². The summed E-state index contributed by atoms with van der Waals surface area (Å²) in [4.78, 5) is 4.22. The molecule has 0 amide bonds. The molecule has 1 heterocycles. The van der Waals surface area contributed by atoms with E-state index in [4.69, 9.17) is 0 Å². The van der Waals surface area contributed by atoms with Crippen molar-refractivity contribution >= 4 is 17.0 Å². The van der Waals surface area contributed by atoms with E-state index in [1.165, 1.54) is 18.7 Å². The van der Waals surface area contributed by atoms with E-state index in [2.05, 4.69) is 16.5 Å². The van der Waals surface area contributed by atoms with Crippen LogP contribution in [0.25, 0.3) is 0 Å². The van der Waals surface area contributed by atoms with E-state index >= 15 is 0 Å². The fourth-order valence-corrected chi connectivity index (χ4v) is 0.972. The Kier molecular flexibility index (Phi) is 5.20. The van der Waals surface area contributed by atoms with Crippen LogP contribution < -0.4 is 0 Å². The summed E-state index contributed by atoms with van der Waals surface area (Å²) in [6.45, 7) is 2.20. The molecule has 0 fully saturated rings. The second-order valence-corrected chi connectivity index (χ2v) is 2.56. The van der Waals surface area contributed by atoms with E-state index in [1.54, 1.807) is 0 Å². The van der Waals surface area contributed by atoms with Gasteiger partial charge in [0.2, 0.25) is 0 Å². The highest BCUT2D eigenvalue weighted by atomic mass is 79.9. The Bertz CT molecular complexity index is 196. The van der Waals surface area contributed by atoms with Gasteiger partial charge in [0.15, 0.2) is 0 Å². The van der Waals surface area contributed by atoms with Gasteiger partial charge in [-0.25, -0.2) is 4.98 Å². The highest BCUT2D eigenvalue weighted by molar-refractivity contribution is 8.93. The van der Waals surface area contributed by atoms with Crippen LogP contribution >= 0.6 is 17.0 Å². The molecule has 1 rings (SSSR count). The van der Waals surface area contributed by atoms with Gasteiger partial charge in [0.1, 0.15) is 5.82 Å². The number of nitrogens with zero attached hydrogens (tertiary/aromatic N) is 2. The first-order chi connectivity index (χ1) is 4.84. The number of imidazole rings is 1. The monoisotopic (exact) mass is 218 g/mol. The first-order valence-corrected chi connectivity index (χ1v) is 3.80. The molecule has 0 saturated heterocycles. The lowest BCUT2D eigenvalue weighted by atomic mass is 10.2. The SMILES string of the molecule is Br.CCCCc1nccn1C. The predicted molar refractivity (Wildman–Crippen MR) is 52.1 cm³/mol. The van der Waals surface area contributed by atoms with E-state index in [9.17, 15) is 0 Å². The van der Waals surface area contributed by atoms with Gasteiger partial charge in [-0.3, -0.25) is 0 Å². The molecule has 0 N–H and O–H groups in total. The third-order valence-electron chi connectivity index (χ3n) is 1.67. The molecular formula is C8H15BrN2. The molecule has 0 radical (unpaired) electrons. The van der Waals surface area contributed by atoms with Gasteiger partial charge < -0.3 is 4.57 Å². The van der Waals surface area contributed by atoms with Gasteiger partial charge >= 0.3 is 0 Å². The molecule has 1 aromatic rings. The summed E-state index contributed by atoms with van der Waals surface area (Å²) in [6, 6.07) is 0. The van der Waals surface area contributed by atoms with Crippen LogP contribution in [0.15, 0.2) is 12.4 Å². The van der Waals surface area contributed by atoms with Crippen LogP contribution in [0.2, 0.25) is 0 Å². The molecule has 11 heavy (non-hydrogen) atoms. The van der Waals surface area contributed by atoms with Crippen molar-refractivity contribution in [3.05, 3.63) is 18.2 Å². The molecule has 0 aliphatic rings. The number of rotatable bonds is 3. The number of halogens is 1. The quantitative estimate of drug-likeness (QED) is 0.762. The summed E-state index contributed by atoms with van der Waals surface area (Å²) in [6.07, 6.45) is 7.44. The topological polar surface area (TPSA) is 17.8 Å². The Morgan fingerprint density at radius 2 is 2.27 bits per heavy atom. The second-order valence-electron chi connectivity index (χ2n) is 2.56. The van der Waals surface area contributed by atoms with E-state index in [1.807, 2.05) is 19.4 Å². The Morgan fingerprint density at radius 1 is 1.55 bits per heavy atom. The van der Waals surface area contributed by atoms with Gasteiger partial charge in [-0.15, -0.1) is 17.0 Å². The fourth-order valence-electron chi connectivity index (χ4n) is 0.972. The van der Waals surface area contributed by atoms with Crippen molar-refractivity contribution in [2.45, 2.75) is 26.2 Å². The zero-order valence-corrected chi connectivity index (χ0v) is 8.79. The molecule has 0 atom stereocenters. The molecule has 0 aliphatic carbocycles. The van der Waals surface area contributed by atoms with Gasteiger partial charge in [-0.05, 0) is 6.42 Å². The summed E-state index contributed by atoms with van der Waals surface area (Å²) in [5.74, 6) is 1.20. The smallest absolute Gasteiger partial charge is 0.108 e. The number of hydrogen-bond donors (Lipinski definition) is 0. The van der Waals surface area contributed by atoms with Crippen LogP contribution in [-0.2, 0) is 13.5 Å². The van der Waals surface area contributed by atoms with Crippen LogP contribution in [0.1, 0.15) is 25.6 Å². The molecular weight excluding hydrogens is 204 g/mol. The average molecular weight is 219 g/mol. The first-order valence-electron chi connectivity index (χ1n) is 3.80. The van der Waals surface area contributed by atoms with Crippen LogP contribution in [0.4, 0.5) is 0 Å². The molecule has 0 bridgehead atoms. The van der Waals surface area contributed by atoms with Crippen molar-refractivity contribution in [3.63, 3.8) is 0 Å². The summed E-state index contributed by atoms with van der Waals surface area (Å²) in [7, 11) is 2.04. The summed E-state index contributed by atoms with van der Waals surface area (Å²) in [5.41, 5.74) is 0. The maximum Gasteiger partial charge on any atom is 0.108 e. The maximum atomic E-state index is 4.22. The van der Waals surface area contributed by atoms with Crippen molar-refractivity contribution in [2.24, 2.45) is 7.05 Å². The highest BCUT2D eigenvalue weighted by Gasteiger charge is 1.95. The lowest BCUT2D eigenvalue weighted by Gasteiger charge is -1.97. The molecule has 0 spiro atoms. The van der Waals surface area contributed by atoms with Crippen molar-refractivity contribution < 1.29 is 0 Å². The molecule has 0 unspecified atom stereocenters. The molecule has 3 heteroatoms. The number of unbranched alkanes of at least 4 members (excludes halogenated alkanes) is 1. The normalized spacial score (nSPS) is 9.27. The van der Waals surface area contributed by atoms with E-state index in [0.29, 0.717) is 0 Å². The van der Waals surface area contributed by atoms with E-state index < -0.39 is 0 Å². The molecule has 0 aromatic carbocycles. The number of aryl methyl sites for hydroxylation is 2.